The van der Waals surface area contributed by atoms with Gasteiger partial charge in [0.15, 0.2) is 0 Å². The number of aliphatic hydroxyl groups excluding tert-OH is 1. The summed E-state index contributed by atoms with van der Waals surface area (Å²) in [5.41, 5.74) is 0.813. The molecule has 0 amide bonds. The summed E-state index contributed by atoms with van der Waals surface area (Å²) in [6.07, 6.45) is 26.2. The first-order valence-corrected chi connectivity index (χ1v) is 18.3. The molecule has 0 saturated heterocycles. The van der Waals surface area contributed by atoms with Gasteiger partial charge in [-0.3, -0.25) is 0 Å². The minimum absolute atomic E-state index is 0.0897. The Labute approximate surface area is 258 Å². The van der Waals surface area contributed by atoms with Gasteiger partial charge in [0.2, 0.25) is 0 Å². The molecule has 3 nitrogen and oxygen atoms in total. The zero-order valence-corrected chi connectivity index (χ0v) is 29.2. The fraction of sp³-hybridized carbons (Fsp3) is 0.921. The van der Waals surface area contributed by atoms with Gasteiger partial charge in [-0.05, 0) is 49.4 Å². The van der Waals surface area contributed by atoms with Gasteiger partial charge in [-0.15, -0.1) is 0 Å². The van der Waals surface area contributed by atoms with Gasteiger partial charge in [0, 0.05) is 11.0 Å². The average molecular weight is 579 g/mol. The Hall–Kier alpha value is -0.830. The second kappa shape index (κ2) is 25.6. The van der Waals surface area contributed by atoms with Crippen molar-refractivity contribution in [2.75, 3.05) is 13.2 Å². The van der Waals surface area contributed by atoms with Crippen molar-refractivity contribution < 1.29 is 14.6 Å². The highest BCUT2D eigenvalue weighted by molar-refractivity contribution is 5.90. The molecule has 0 bridgehead atoms. The number of allylic oxidation sites excluding steroid dienone is 1. The van der Waals surface area contributed by atoms with E-state index >= 15 is 0 Å². The van der Waals surface area contributed by atoms with Crippen LogP contribution in [0.2, 0.25) is 0 Å². The summed E-state index contributed by atoms with van der Waals surface area (Å²) < 4.78 is 5.84. The van der Waals surface area contributed by atoms with Crippen LogP contribution < -0.4 is 0 Å². The molecular formula is C38H74O3. The third kappa shape index (κ3) is 16.6. The number of unbranched alkanes of at least 4 members (excludes halogenated alkanes) is 4. The van der Waals surface area contributed by atoms with Crippen LogP contribution in [0.5, 0.6) is 0 Å². The maximum absolute atomic E-state index is 14.1. The number of hydrogen-bond acceptors (Lipinski definition) is 3. The summed E-state index contributed by atoms with van der Waals surface area (Å²) in [6.45, 7) is 18.5. The fourth-order valence-electron chi connectivity index (χ4n) is 7.07. The molecule has 4 unspecified atom stereocenters. The number of aliphatic hydroxyl groups is 1. The molecule has 0 aromatic heterocycles. The van der Waals surface area contributed by atoms with E-state index in [-0.39, 0.29) is 24.6 Å². The number of ether oxygens (including phenoxy) is 1. The Bertz CT molecular complexity index is 594. The lowest BCUT2D eigenvalue weighted by molar-refractivity contribution is -0.142. The van der Waals surface area contributed by atoms with Crippen molar-refractivity contribution >= 4 is 5.97 Å². The average Bonchev–Trinajstić information content (AvgIpc) is 2.99. The van der Waals surface area contributed by atoms with Crippen molar-refractivity contribution in [3.8, 4) is 0 Å². The minimum Gasteiger partial charge on any atom is -0.460 e. The molecule has 0 aliphatic carbocycles. The second-order valence-corrected chi connectivity index (χ2v) is 13.3. The summed E-state index contributed by atoms with van der Waals surface area (Å²) in [4.78, 5) is 14.1. The molecule has 1 N–H and O–H groups in total. The second-order valence-electron chi connectivity index (χ2n) is 13.3. The van der Waals surface area contributed by atoms with Crippen molar-refractivity contribution in [1.82, 2.24) is 0 Å². The number of carbonyl (C=O) groups excluding carboxylic acids is 1. The highest BCUT2D eigenvalue weighted by Crippen LogP contribution is 2.50. The maximum Gasteiger partial charge on any atom is 0.334 e. The SMILES string of the molecule is CCCCC(CC)CC=C(C(=O)OCCO)C(CC(CC)CCCC)(CC(CC)CCCC)CC(CC)CCCC. The van der Waals surface area contributed by atoms with Gasteiger partial charge in [-0.1, -0.05) is 164 Å². The van der Waals surface area contributed by atoms with E-state index in [9.17, 15) is 9.90 Å². The third-order valence-corrected chi connectivity index (χ3v) is 9.98. The highest BCUT2D eigenvalue weighted by atomic mass is 16.5. The predicted octanol–water partition coefficient (Wildman–Crippen LogP) is 11.9. The van der Waals surface area contributed by atoms with Gasteiger partial charge in [0.05, 0.1) is 6.61 Å². The molecule has 0 heterocycles. The van der Waals surface area contributed by atoms with Crippen LogP contribution in [0.1, 0.15) is 184 Å². The Morgan fingerprint density at radius 2 is 1.00 bits per heavy atom. The lowest BCUT2D eigenvalue weighted by atomic mass is 9.61. The van der Waals surface area contributed by atoms with Crippen LogP contribution in [-0.4, -0.2) is 24.3 Å². The van der Waals surface area contributed by atoms with Gasteiger partial charge >= 0.3 is 5.97 Å². The quantitative estimate of drug-likeness (QED) is 0.0741. The van der Waals surface area contributed by atoms with E-state index in [1.807, 2.05) is 0 Å². The molecule has 3 heteroatoms. The van der Waals surface area contributed by atoms with E-state index < -0.39 is 0 Å². The van der Waals surface area contributed by atoms with E-state index in [2.05, 4.69) is 61.5 Å². The molecule has 0 aromatic rings. The number of carbonyl (C=O) groups is 1. The Kier molecular flexibility index (Phi) is 25.1. The van der Waals surface area contributed by atoms with Gasteiger partial charge in [0.25, 0.3) is 0 Å². The van der Waals surface area contributed by atoms with Crippen LogP contribution in [0, 0.1) is 29.1 Å². The number of rotatable bonds is 28. The molecule has 244 valence electrons. The summed E-state index contributed by atoms with van der Waals surface area (Å²) in [5.74, 6) is 2.33. The molecule has 0 saturated carbocycles. The fourth-order valence-corrected chi connectivity index (χ4v) is 7.07. The standard InChI is InChI=1S/C38H74O3/c1-9-17-21-32(13-5)25-26-36(37(40)41-28-27-39)38(29-33(14-6)22-18-10-2,30-34(15-7)23-19-11-3)31-35(16-8)24-20-12-4/h26,32-35,39H,9-25,27-31H2,1-8H3. The van der Waals surface area contributed by atoms with E-state index in [0.717, 1.165) is 37.7 Å². The van der Waals surface area contributed by atoms with Crippen LogP contribution in [0.3, 0.4) is 0 Å². The van der Waals surface area contributed by atoms with Gasteiger partial charge in [-0.2, -0.15) is 0 Å². The smallest absolute Gasteiger partial charge is 0.334 e. The van der Waals surface area contributed by atoms with Crippen molar-refractivity contribution in [3.05, 3.63) is 11.6 Å². The van der Waals surface area contributed by atoms with Crippen molar-refractivity contribution in [2.24, 2.45) is 29.1 Å². The Morgan fingerprint density at radius 3 is 1.32 bits per heavy atom. The highest BCUT2D eigenvalue weighted by Gasteiger charge is 2.43. The van der Waals surface area contributed by atoms with Crippen molar-refractivity contribution in [1.29, 1.82) is 0 Å². The molecule has 0 fully saturated rings. The molecule has 41 heavy (non-hydrogen) atoms. The van der Waals surface area contributed by atoms with Crippen LogP contribution in [0.25, 0.3) is 0 Å². The number of esters is 1. The molecular weight excluding hydrogens is 504 g/mol. The van der Waals surface area contributed by atoms with E-state index in [4.69, 9.17) is 4.74 Å². The largest absolute Gasteiger partial charge is 0.460 e. The molecule has 4 atom stereocenters. The maximum atomic E-state index is 14.1. The van der Waals surface area contributed by atoms with E-state index in [0.29, 0.717) is 23.7 Å². The third-order valence-electron chi connectivity index (χ3n) is 9.98. The molecule has 0 rings (SSSR count). The first-order chi connectivity index (χ1) is 19.8. The van der Waals surface area contributed by atoms with E-state index in [1.165, 1.54) is 96.3 Å². The van der Waals surface area contributed by atoms with Crippen LogP contribution in [-0.2, 0) is 9.53 Å². The topological polar surface area (TPSA) is 46.5 Å². The zero-order valence-electron chi connectivity index (χ0n) is 29.2. The predicted molar refractivity (Wildman–Crippen MR) is 180 cm³/mol. The summed E-state index contributed by atoms with van der Waals surface area (Å²) in [7, 11) is 0. The van der Waals surface area contributed by atoms with Crippen LogP contribution in [0.15, 0.2) is 11.6 Å². The molecule has 0 aliphatic rings. The lowest BCUT2D eigenvalue weighted by Crippen LogP contribution is -2.36. The minimum atomic E-state index is -0.160. The Morgan fingerprint density at radius 1 is 0.634 bits per heavy atom. The summed E-state index contributed by atoms with van der Waals surface area (Å²) in [5, 5.41) is 9.60. The van der Waals surface area contributed by atoms with Gasteiger partial charge in [0.1, 0.15) is 6.61 Å². The molecule has 0 aromatic carbocycles. The summed E-state index contributed by atoms with van der Waals surface area (Å²) in [6, 6.07) is 0. The van der Waals surface area contributed by atoms with Crippen LogP contribution in [0.4, 0.5) is 0 Å². The zero-order chi connectivity index (χ0) is 30.9. The van der Waals surface area contributed by atoms with Gasteiger partial charge < -0.3 is 9.84 Å². The number of hydrogen-bond donors (Lipinski definition) is 1. The normalized spacial score (nSPS) is 16.7. The molecule has 0 spiro atoms. The first-order valence-electron chi connectivity index (χ1n) is 18.3. The van der Waals surface area contributed by atoms with Crippen molar-refractivity contribution in [3.63, 3.8) is 0 Å². The molecule has 0 aliphatic heterocycles. The first kappa shape index (κ1) is 40.2. The summed E-state index contributed by atoms with van der Waals surface area (Å²) >= 11 is 0. The van der Waals surface area contributed by atoms with Gasteiger partial charge in [-0.25, -0.2) is 4.79 Å². The van der Waals surface area contributed by atoms with Crippen LogP contribution >= 0.6 is 0 Å². The van der Waals surface area contributed by atoms with Crippen molar-refractivity contribution in [2.45, 2.75) is 184 Å². The monoisotopic (exact) mass is 579 g/mol. The molecule has 0 radical (unpaired) electrons. The van der Waals surface area contributed by atoms with E-state index in [1.54, 1.807) is 0 Å². The Balaban J connectivity index is 7.09. The lowest BCUT2D eigenvalue weighted by Gasteiger charge is -2.43.